The highest BCUT2D eigenvalue weighted by molar-refractivity contribution is 7.12. The van der Waals surface area contributed by atoms with Gasteiger partial charge in [0.15, 0.2) is 0 Å². The molecular weight excluding hydrogens is 336 g/mol. The Balaban J connectivity index is 1.52. The minimum atomic E-state index is -0.139. The number of rotatable bonds is 7. The van der Waals surface area contributed by atoms with Crippen LogP contribution in [0.15, 0.2) is 60.1 Å². The van der Waals surface area contributed by atoms with Gasteiger partial charge < -0.3 is 14.8 Å². The fourth-order valence-corrected chi connectivity index (χ4v) is 3.02. The average Bonchev–Trinajstić information content (AvgIpc) is 3.16. The first-order valence-electron chi connectivity index (χ1n) is 7.82. The SMILES string of the molecule is COc1ccc(OCCNC(=O)c2scnc2-c2ccccc2)cc1. The molecule has 0 bridgehead atoms. The standard InChI is InChI=1S/C19H18N2O3S/c1-23-15-7-9-16(10-8-15)24-12-11-20-19(22)18-17(21-13-25-18)14-5-3-2-4-6-14/h2-10,13H,11-12H2,1H3,(H,20,22). The number of nitrogens with zero attached hydrogens (tertiary/aromatic N) is 1. The number of carbonyl (C=O) groups is 1. The number of nitrogens with one attached hydrogen (secondary N) is 1. The van der Waals surface area contributed by atoms with Crippen molar-refractivity contribution in [2.45, 2.75) is 0 Å². The molecule has 0 saturated heterocycles. The normalized spacial score (nSPS) is 10.3. The molecule has 0 radical (unpaired) electrons. The van der Waals surface area contributed by atoms with E-state index in [1.54, 1.807) is 12.6 Å². The van der Waals surface area contributed by atoms with Gasteiger partial charge in [-0.05, 0) is 24.3 Å². The van der Waals surface area contributed by atoms with E-state index < -0.39 is 0 Å². The number of hydrogen-bond acceptors (Lipinski definition) is 5. The molecule has 6 heteroatoms. The Hall–Kier alpha value is -2.86. The minimum Gasteiger partial charge on any atom is -0.497 e. The number of methoxy groups -OCH3 is 1. The molecule has 0 aliphatic heterocycles. The number of carbonyl (C=O) groups excluding carboxylic acids is 1. The Morgan fingerprint density at radius 3 is 2.52 bits per heavy atom. The van der Waals surface area contributed by atoms with Crippen molar-refractivity contribution in [2.75, 3.05) is 20.3 Å². The highest BCUT2D eigenvalue weighted by Gasteiger charge is 2.15. The summed E-state index contributed by atoms with van der Waals surface area (Å²) in [7, 11) is 1.62. The van der Waals surface area contributed by atoms with Crippen LogP contribution in [0.3, 0.4) is 0 Å². The van der Waals surface area contributed by atoms with Gasteiger partial charge in [0.25, 0.3) is 5.91 Å². The number of ether oxygens (including phenoxy) is 2. The summed E-state index contributed by atoms with van der Waals surface area (Å²) in [6.07, 6.45) is 0. The topological polar surface area (TPSA) is 60.5 Å². The van der Waals surface area contributed by atoms with Crippen molar-refractivity contribution in [2.24, 2.45) is 0 Å². The average molecular weight is 354 g/mol. The van der Waals surface area contributed by atoms with Crippen LogP contribution in [0.25, 0.3) is 11.3 Å². The summed E-state index contributed by atoms with van der Waals surface area (Å²) < 4.78 is 10.7. The maximum atomic E-state index is 12.4. The molecule has 0 spiro atoms. The Morgan fingerprint density at radius 1 is 1.08 bits per heavy atom. The van der Waals surface area contributed by atoms with E-state index in [1.165, 1.54) is 11.3 Å². The zero-order chi connectivity index (χ0) is 17.5. The van der Waals surface area contributed by atoms with Gasteiger partial charge in [-0.2, -0.15) is 0 Å². The summed E-state index contributed by atoms with van der Waals surface area (Å²) in [5.41, 5.74) is 3.33. The first-order chi connectivity index (χ1) is 12.3. The summed E-state index contributed by atoms with van der Waals surface area (Å²) in [4.78, 5) is 17.3. The molecule has 1 N–H and O–H groups in total. The van der Waals surface area contributed by atoms with Crippen LogP contribution < -0.4 is 14.8 Å². The first-order valence-corrected chi connectivity index (χ1v) is 8.70. The lowest BCUT2D eigenvalue weighted by Gasteiger charge is -2.08. The number of benzene rings is 2. The van der Waals surface area contributed by atoms with Gasteiger partial charge in [-0.15, -0.1) is 11.3 Å². The third-order valence-electron chi connectivity index (χ3n) is 3.54. The molecule has 25 heavy (non-hydrogen) atoms. The molecule has 128 valence electrons. The van der Waals surface area contributed by atoms with Gasteiger partial charge in [0.05, 0.1) is 24.9 Å². The molecular formula is C19H18N2O3S. The van der Waals surface area contributed by atoms with Crippen molar-refractivity contribution in [3.05, 3.63) is 65.0 Å². The van der Waals surface area contributed by atoms with Crippen LogP contribution in [0, 0.1) is 0 Å². The van der Waals surface area contributed by atoms with Gasteiger partial charge in [0.2, 0.25) is 0 Å². The fraction of sp³-hybridized carbons (Fsp3) is 0.158. The molecule has 0 atom stereocenters. The van der Waals surface area contributed by atoms with E-state index in [2.05, 4.69) is 10.3 Å². The molecule has 3 aromatic rings. The molecule has 2 aromatic carbocycles. The van der Waals surface area contributed by atoms with Gasteiger partial charge in [-0.25, -0.2) is 4.98 Å². The Morgan fingerprint density at radius 2 is 1.80 bits per heavy atom. The van der Waals surface area contributed by atoms with Crippen molar-refractivity contribution < 1.29 is 14.3 Å². The quantitative estimate of drug-likeness (QED) is 0.658. The zero-order valence-electron chi connectivity index (χ0n) is 13.8. The Bertz CT molecular complexity index is 816. The van der Waals surface area contributed by atoms with E-state index >= 15 is 0 Å². The number of aromatic nitrogens is 1. The van der Waals surface area contributed by atoms with Crippen molar-refractivity contribution in [3.63, 3.8) is 0 Å². The van der Waals surface area contributed by atoms with Crippen LogP contribution in [0.4, 0.5) is 0 Å². The van der Waals surface area contributed by atoms with E-state index in [-0.39, 0.29) is 5.91 Å². The third kappa shape index (κ3) is 4.36. The molecule has 1 amide bonds. The van der Waals surface area contributed by atoms with Crippen LogP contribution in [-0.2, 0) is 0 Å². The van der Waals surface area contributed by atoms with Crippen LogP contribution in [-0.4, -0.2) is 31.2 Å². The summed E-state index contributed by atoms with van der Waals surface area (Å²) in [5.74, 6) is 1.37. The highest BCUT2D eigenvalue weighted by atomic mass is 32.1. The summed E-state index contributed by atoms with van der Waals surface area (Å²) in [6, 6.07) is 17.0. The number of hydrogen-bond donors (Lipinski definition) is 1. The summed E-state index contributed by atoms with van der Waals surface area (Å²) in [6.45, 7) is 0.800. The molecule has 3 rings (SSSR count). The van der Waals surface area contributed by atoms with E-state index in [0.717, 1.165) is 17.1 Å². The zero-order valence-corrected chi connectivity index (χ0v) is 14.6. The lowest BCUT2D eigenvalue weighted by atomic mass is 10.1. The van der Waals surface area contributed by atoms with Crippen LogP contribution in [0.2, 0.25) is 0 Å². The van der Waals surface area contributed by atoms with E-state index in [1.807, 2.05) is 54.6 Å². The van der Waals surface area contributed by atoms with Crippen LogP contribution in [0.1, 0.15) is 9.67 Å². The summed E-state index contributed by atoms with van der Waals surface area (Å²) in [5, 5.41) is 2.87. The second-order valence-corrected chi connectivity index (χ2v) is 6.03. The van der Waals surface area contributed by atoms with E-state index in [9.17, 15) is 4.79 Å². The van der Waals surface area contributed by atoms with Crippen LogP contribution >= 0.6 is 11.3 Å². The molecule has 0 saturated carbocycles. The second kappa shape index (κ2) is 8.30. The first kappa shape index (κ1) is 17.0. The van der Waals surface area contributed by atoms with Crippen molar-refractivity contribution >= 4 is 17.2 Å². The molecule has 1 aromatic heterocycles. The van der Waals surface area contributed by atoms with Crippen LogP contribution in [0.5, 0.6) is 11.5 Å². The van der Waals surface area contributed by atoms with E-state index in [0.29, 0.717) is 23.7 Å². The highest BCUT2D eigenvalue weighted by Crippen LogP contribution is 2.25. The smallest absolute Gasteiger partial charge is 0.263 e. The van der Waals surface area contributed by atoms with E-state index in [4.69, 9.17) is 9.47 Å². The maximum Gasteiger partial charge on any atom is 0.263 e. The number of thiazole rings is 1. The van der Waals surface area contributed by atoms with Crippen molar-refractivity contribution in [1.29, 1.82) is 0 Å². The van der Waals surface area contributed by atoms with Crippen molar-refractivity contribution in [3.8, 4) is 22.8 Å². The second-order valence-electron chi connectivity index (χ2n) is 5.18. The lowest BCUT2D eigenvalue weighted by molar-refractivity contribution is 0.0951. The maximum absolute atomic E-state index is 12.4. The molecule has 0 fully saturated rings. The molecule has 0 aliphatic rings. The predicted octanol–water partition coefficient (Wildman–Crippen LogP) is 3.63. The predicted molar refractivity (Wildman–Crippen MR) is 98.4 cm³/mol. The third-order valence-corrected chi connectivity index (χ3v) is 4.36. The Kier molecular flexibility index (Phi) is 5.64. The van der Waals surface area contributed by atoms with Gasteiger partial charge in [0, 0.05) is 5.56 Å². The molecule has 0 aliphatic carbocycles. The van der Waals surface area contributed by atoms with Gasteiger partial charge >= 0.3 is 0 Å². The summed E-state index contributed by atoms with van der Waals surface area (Å²) >= 11 is 1.33. The van der Waals surface area contributed by atoms with Gasteiger partial charge in [-0.3, -0.25) is 4.79 Å². The molecule has 1 heterocycles. The monoisotopic (exact) mass is 354 g/mol. The van der Waals surface area contributed by atoms with Crippen molar-refractivity contribution in [1.82, 2.24) is 10.3 Å². The Labute approximate surface area is 150 Å². The number of amides is 1. The van der Waals surface area contributed by atoms with Gasteiger partial charge in [-0.1, -0.05) is 30.3 Å². The fourth-order valence-electron chi connectivity index (χ4n) is 2.29. The molecule has 5 nitrogen and oxygen atoms in total. The largest absolute Gasteiger partial charge is 0.497 e. The molecule has 0 unspecified atom stereocenters. The minimum absolute atomic E-state index is 0.139. The van der Waals surface area contributed by atoms with Gasteiger partial charge in [0.1, 0.15) is 23.0 Å². The lowest BCUT2D eigenvalue weighted by Crippen LogP contribution is -2.27.